The Morgan fingerprint density at radius 3 is 1.76 bits per heavy atom. The lowest BCUT2D eigenvalue weighted by molar-refractivity contribution is -0.294. The Morgan fingerprint density at radius 2 is 1.26 bits per heavy atom. The second kappa shape index (κ2) is 10.1. The van der Waals surface area contributed by atoms with Gasteiger partial charge in [0, 0.05) is 0 Å². The van der Waals surface area contributed by atoms with Crippen molar-refractivity contribution in [2.24, 2.45) is 0 Å². The van der Waals surface area contributed by atoms with Gasteiger partial charge in [-0.05, 0) is 48.6 Å². The normalized spacial score (nSPS) is 31.4. The van der Waals surface area contributed by atoms with Crippen molar-refractivity contribution >= 4 is 23.5 Å². The van der Waals surface area contributed by atoms with Gasteiger partial charge in [-0.15, -0.1) is 0 Å². The molecule has 0 bridgehead atoms. The van der Waals surface area contributed by atoms with E-state index in [2.05, 4.69) is 0 Å². The fourth-order valence-corrected chi connectivity index (χ4v) is 3.38. The molecule has 5 unspecified atom stereocenters. The summed E-state index contributed by atoms with van der Waals surface area (Å²) < 4.78 is 15.2. The van der Waals surface area contributed by atoms with E-state index in [-0.39, 0.29) is 11.6 Å². The van der Waals surface area contributed by atoms with Gasteiger partial charge in [0.2, 0.25) is 6.29 Å². The van der Waals surface area contributed by atoms with Gasteiger partial charge in [0.05, 0.1) is 12.8 Å². The van der Waals surface area contributed by atoms with Crippen molar-refractivity contribution in [1.82, 2.24) is 0 Å². The summed E-state index contributed by atoms with van der Waals surface area (Å²) in [6, 6.07) is 0. The molecular weight excluding hydrogens is 456 g/mol. The second-order valence-corrected chi connectivity index (χ2v) is 8.16. The zero-order valence-electron chi connectivity index (χ0n) is 17.7. The molecule has 3 rings (SSSR count). The standard InChI is InChI=1S/C22H24O12/c23-12-1-5-21(30,6-2-12)9-15(25)32-11-14-17(27)18(28)19(29)20(33-14)34-16(26)10-22(31)7-3-13(24)4-8-22/h1-8,14,17-20,27-31H,9-11H2. The number of hydrogen-bond acceptors (Lipinski definition) is 12. The first kappa shape index (κ1) is 25.6. The molecule has 2 aliphatic carbocycles. The number of carbonyl (C=O) groups is 4. The van der Waals surface area contributed by atoms with Crippen molar-refractivity contribution in [3.63, 3.8) is 0 Å². The molecule has 1 saturated heterocycles. The van der Waals surface area contributed by atoms with Gasteiger partial charge < -0.3 is 39.7 Å². The van der Waals surface area contributed by atoms with Crippen molar-refractivity contribution < 1.29 is 58.9 Å². The molecule has 0 aromatic heterocycles. The minimum Gasteiger partial charge on any atom is -0.463 e. The molecule has 3 aliphatic rings. The number of hydrogen-bond donors (Lipinski definition) is 5. The summed E-state index contributed by atoms with van der Waals surface area (Å²) in [4.78, 5) is 46.7. The van der Waals surface area contributed by atoms with Gasteiger partial charge in [-0.1, -0.05) is 0 Å². The van der Waals surface area contributed by atoms with Crippen molar-refractivity contribution in [2.75, 3.05) is 6.61 Å². The number of ether oxygens (including phenoxy) is 3. The Kier molecular flexibility index (Phi) is 7.60. The van der Waals surface area contributed by atoms with Gasteiger partial charge >= 0.3 is 11.9 Å². The van der Waals surface area contributed by atoms with E-state index in [0.717, 1.165) is 48.6 Å². The van der Waals surface area contributed by atoms with E-state index in [4.69, 9.17) is 14.2 Å². The third-order valence-electron chi connectivity index (χ3n) is 5.32. The molecule has 34 heavy (non-hydrogen) atoms. The summed E-state index contributed by atoms with van der Waals surface area (Å²) in [6.45, 7) is -0.627. The maximum Gasteiger partial charge on any atom is 0.311 e. The van der Waals surface area contributed by atoms with Crippen LogP contribution in [0, 0.1) is 0 Å². The zero-order valence-corrected chi connectivity index (χ0v) is 17.7. The van der Waals surface area contributed by atoms with E-state index in [0.29, 0.717) is 0 Å². The quantitative estimate of drug-likeness (QED) is 0.241. The molecule has 0 aromatic carbocycles. The largest absolute Gasteiger partial charge is 0.463 e. The van der Waals surface area contributed by atoms with E-state index < -0.39 is 73.3 Å². The highest BCUT2D eigenvalue weighted by atomic mass is 16.7. The van der Waals surface area contributed by atoms with Crippen LogP contribution in [0.4, 0.5) is 0 Å². The SMILES string of the molecule is O=C1C=CC(O)(CC(=O)OCC2OC(OC(=O)CC3(O)C=CC(=O)C=C3)C(O)C(O)C2O)C=C1. The van der Waals surface area contributed by atoms with E-state index in [1.54, 1.807) is 0 Å². The Balaban J connectivity index is 1.55. The average molecular weight is 480 g/mol. The van der Waals surface area contributed by atoms with Crippen LogP contribution in [0.2, 0.25) is 0 Å². The first-order valence-corrected chi connectivity index (χ1v) is 10.2. The second-order valence-electron chi connectivity index (χ2n) is 8.16. The Hall–Kier alpha value is -3.00. The zero-order chi connectivity index (χ0) is 25.1. The van der Waals surface area contributed by atoms with Crippen molar-refractivity contribution in [2.45, 2.75) is 54.7 Å². The van der Waals surface area contributed by atoms with Crippen LogP contribution in [0.15, 0.2) is 48.6 Å². The maximum atomic E-state index is 12.2. The fourth-order valence-electron chi connectivity index (χ4n) is 3.38. The maximum absolute atomic E-state index is 12.2. The predicted octanol–water partition coefficient (Wildman–Crippen LogP) is -2.49. The van der Waals surface area contributed by atoms with Crippen LogP contribution >= 0.6 is 0 Å². The summed E-state index contributed by atoms with van der Waals surface area (Å²) in [5.74, 6) is -2.72. The Morgan fingerprint density at radius 1 is 0.794 bits per heavy atom. The highest BCUT2D eigenvalue weighted by Crippen LogP contribution is 2.26. The van der Waals surface area contributed by atoms with Crippen molar-refractivity contribution in [3.05, 3.63) is 48.6 Å². The summed E-state index contributed by atoms with van der Waals surface area (Å²) in [7, 11) is 0. The molecule has 0 saturated carbocycles. The Bertz CT molecular complexity index is 927. The third kappa shape index (κ3) is 6.32. The van der Waals surface area contributed by atoms with Crippen molar-refractivity contribution in [1.29, 1.82) is 0 Å². The van der Waals surface area contributed by atoms with Gasteiger partial charge in [0.15, 0.2) is 11.6 Å². The van der Waals surface area contributed by atoms with E-state index >= 15 is 0 Å². The van der Waals surface area contributed by atoms with Gasteiger partial charge in [0.25, 0.3) is 0 Å². The fraction of sp³-hybridized carbons (Fsp3) is 0.455. The highest BCUT2D eigenvalue weighted by molar-refractivity contribution is 6.01. The topological polar surface area (TPSA) is 197 Å². The van der Waals surface area contributed by atoms with Crippen LogP contribution in [0.5, 0.6) is 0 Å². The van der Waals surface area contributed by atoms with Crippen molar-refractivity contribution in [3.8, 4) is 0 Å². The van der Waals surface area contributed by atoms with E-state index in [9.17, 15) is 44.7 Å². The minimum atomic E-state index is -1.85. The molecule has 12 nitrogen and oxygen atoms in total. The van der Waals surface area contributed by atoms with E-state index in [1.807, 2.05) is 0 Å². The molecule has 1 heterocycles. The number of rotatable bonds is 7. The van der Waals surface area contributed by atoms with Crippen LogP contribution in [0.25, 0.3) is 0 Å². The van der Waals surface area contributed by atoms with Gasteiger partial charge in [-0.25, -0.2) is 0 Å². The molecule has 5 atom stereocenters. The van der Waals surface area contributed by atoms with Crippen LogP contribution in [-0.2, 0) is 33.4 Å². The number of aliphatic hydroxyl groups is 5. The first-order valence-electron chi connectivity index (χ1n) is 10.2. The molecule has 5 N–H and O–H groups in total. The van der Waals surface area contributed by atoms with E-state index in [1.165, 1.54) is 0 Å². The number of allylic oxidation sites excluding steroid dienone is 4. The third-order valence-corrected chi connectivity index (χ3v) is 5.32. The van der Waals surface area contributed by atoms with Gasteiger partial charge in [-0.3, -0.25) is 19.2 Å². The number of ketones is 2. The molecule has 12 heteroatoms. The monoisotopic (exact) mass is 480 g/mol. The molecule has 1 aliphatic heterocycles. The lowest BCUT2D eigenvalue weighted by Gasteiger charge is -2.39. The predicted molar refractivity (Wildman–Crippen MR) is 109 cm³/mol. The smallest absolute Gasteiger partial charge is 0.311 e. The summed E-state index contributed by atoms with van der Waals surface area (Å²) >= 11 is 0. The lowest BCUT2D eigenvalue weighted by atomic mass is 9.94. The summed E-state index contributed by atoms with van der Waals surface area (Å²) in [5.41, 5.74) is -3.54. The van der Waals surface area contributed by atoms with Crippen LogP contribution in [-0.4, -0.2) is 97.6 Å². The van der Waals surface area contributed by atoms with Gasteiger partial charge in [0.1, 0.15) is 42.2 Å². The summed E-state index contributed by atoms with van der Waals surface area (Å²) in [6.07, 6.45) is -1.02. The molecule has 0 spiro atoms. The van der Waals surface area contributed by atoms with Crippen LogP contribution < -0.4 is 0 Å². The Labute approximate surface area is 193 Å². The highest BCUT2D eigenvalue weighted by Gasteiger charge is 2.46. The average Bonchev–Trinajstić information content (AvgIpc) is 2.77. The molecule has 184 valence electrons. The molecule has 1 fully saturated rings. The number of aliphatic hydroxyl groups excluding tert-OH is 3. The molecule has 0 radical (unpaired) electrons. The van der Waals surface area contributed by atoms with Crippen LogP contribution in [0.1, 0.15) is 12.8 Å². The molecule has 0 amide bonds. The van der Waals surface area contributed by atoms with Gasteiger partial charge in [-0.2, -0.15) is 0 Å². The van der Waals surface area contributed by atoms with Crippen LogP contribution in [0.3, 0.4) is 0 Å². The molecule has 0 aromatic rings. The molecular formula is C22H24O12. The lowest BCUT2D eigenvalue weighted by Crippen LogP contribution is -2.59. The number of esters is 2. The number of carbonyl (C=O) groups excluding carboxylic acids is 4. The minimum absolute atomic E-state index is 0.360. The first-order chi connectivity index (χ1) is 15.9. The summed E-state index contributed by atoms with van der Waals surface area (Å²) in [5, 5.41) is 50.9.